The van der Waals surface area contributed by atoms with Crippen LogP contribution < -0.4 is 10.6 Å². The normalized spacial score (nSPS) is 11.3. The predicted molar refractivity (Wildman–Crippen MR) is 113 cm³/mol. The Morgan fingerprint density at radius 1 is 1.00 bits per heavy atom. The number of amides is 2. The summed E-state index contributed by atoms with van der Waals surface area (Å²) in [5, 5.41) is 5.37. The van der Waals surface area contributed by atoms with E-state index in [2.05, 4.69) is 38.3 Å². The van der Waals surface area contributed by atoms with E-state index in [4.69, 9.17) is 9.47 Å². The number of carbonyl (C=O) groups excluding carboxylic acids is 3. The smallest absolute Gasteiger partial charge is 0.407 e. The number of benzene rings is 1. The molecule has 1 rings (SSSR count). The van der Waals surface area contributed by atoms with Crippen LogP contribution in [-0.2, 0) is 19.1 Å². The number of alkyl carbamates (subject to hydrolysis) is 1. The lowest BCUT2D eigenvalue weighted by molar-refractivity contribution is -0.147. The van der Waals surface area contributed by atoms with Crippen LogP contribution >= 0.6 is 0 Å². The molecule has 1 aromatic carbocycles. The fraction of sp³-hybridized carbons (Fsp3) is 0.591. The third-order valence-electron chi connectivity index (χ3n) is 4.00. The first-order chi connectivity index (χ1) is 13.4. The Morgan fingerprint density at radius 3 is 2.03 bits per heavy atom. The second-order valence-corrected chi connectivity index (χ2v) is 8.51. The molecular formula is C22H34N2O5. The van der Waals surface area contributed by atoms with Crippen molar-refractivity contribution in [2.75, 3.05) is 18.5 Å². The molecule has 2 amide bonds. The molecule has 1 aromatic rings. The number of hydrogen-bond donors (Lipinski definition) is 2. The van der Waals surface area contributed by atoms with Crippen LogP contribution in [0.4, 0.5) is 10.5 Å². The summed E-state index contributed by atoms with van der Waals surface area (Å²) in [4.78, 5) is 35.7. The van der Waals surface area contributed by atoms with Gasteiger partial charge in [0.1, 0.15) is 5.60 Å². The average molecular weight is 407 g/mol. The van der Waals surface area contributed by atoms with E-state index in [1.54, 1.807) is 20.8 Å². The molecular weight excluding hydrogens is 372 g/mol. The van der Waals surface area contributed by atoms with Gasteiger partial charge in [-0.2, -0.15) is 0 Å². The summed E-state index contributed by atoms with van der Waals surface area (Å²) >= 11 is 0. The zero-order valence-electron chi connectivity index (χ0n) is 18.5. The molecule has 0 bridgehead atoms. The summed E-state index contributed by atoms with van der Waals surface area (Å²) < 4.78 is 10.1. The highest BCUT2D eigenvalue weighted by atomic mass is 16.6. The predicted octanol–water partition coefficient (Wildman–Crippen LogP) is 4.33. The van der Waals surface area contributed by atoms with Crippen LogP contribution in [0.2, 0.25) is 0 Å². The molecule has 0 aliphatic heterocycles. The summed E-state index contributed by atoms with van der Waals surface area (Å²) in [7, 11) is 0. The zero-order valence-corrected chi connectivity index (χ0v) is 18.5. The van der Waals surface area contributed by atoms with Crippen LogP contribution in [0.25, 0.3) is 0 Å². The van der Waals surface area contributed by atoms with Gasteiger partial charge < -0.3 is 20.1 Å². The highest BCUT2D eigenvalue weighted by Gasteiger charge is 2.18. The molecule has 0 spiro atoms. The summed E-state index contributed by atoms with van der Waals surface area (Å²) in [5.41, 5.74) is 2.25. The van der Waals surface area contributed by atoms with Gasteiger partial charge in [0.15, 0.2) is 6.61 Å². The number of anilines is 1. The fourth-order valence-electron chi connectivity index (χ4n) is 2.67. The SMILES string of the molecule is CC(C)c1cccc(C(C)C)c1NC(=O)COC(=O)CCNC(=O)OC(C)(C)C. The van der Waals surface area contributed by atoms with Gasteiger partial charge in [-0.15, -0.1) is 0 Å². The molecule has 2 N–H and O–H groups in total. The van der Waals surface area contributed by atoms with Crippen LogP contribution in [0, 0.1) is 0 Å². The summed E-state index contributed by atoms with van der Waals surface area (Å²) in [5.74, 6) is -0.484. The van der Waals surface area contributed by atoms with Gasteiger partial charge in [-0.05, 0) is 43.7 Å². The molecule has 0 atom stereocenters. The van der Waals surface area contributed by atoms with Crippen molar-refractivity contribution in [3.63, 3.8) is 0 Å². The highest BCUT2D eigenvalue weighted by molar-refractivity contribution is 5.94. The van der Waals surface area contributed by atoms with Crippen LogP contribution in [0.15, 0.2) is 18.2 Å². The van der Waals surface area contributed by atoms with Gasteiger partial charge in [0.25, 0.3) is 5.91 Å². The Morgan fingerprint density at radius 2 is 1.55 bits per heavy atom. The molecule has 7 nitrogen and oxygen atoms in total. The van der Waals surface area contributed by atoms with Crippen LogP contribution in [-0.4, -0.2) is 36.7 Å². The van der Waals surface area contributed by atoms with Gasteiger partial charge in [0, 0.05) is 12.2 Å². The Bertz CT molecular complexity index is 694. The van der Waals surface area contributed by atoms with Crippen molar-refractivity contribution < 1.29 is 23.9 Å². The Labute approximate surface area is 173 Å². The quantitative estimate of drug-likeness (QED) is 0.627. The van der Waals surface area contributed by atoms with Crippen molar-refractivity contribution in [3.05, 3.63) is 29.3 Å². The summed E-state index contributed by atoms with van der Waals surface area (Å²) in [6.07, 6.45) is -0.652. The first kappa shape index (κ1) is 24.5. The third-order valence-corrected chi connectivity index (χ3v) is 4.00. The standard InChI is InChI=1S/C22H34N2O5/c1-14(2)16-9-8-10-17(15(3)4)20(16)24-18(25)13-28-19(26)11-12-23-21(27)29-22(5,6)7/h8-10,14-15H,11-13H2,1-7H3,(H,23,27)(H,24,25). The van der Waals surface area contributed by atoms with Crippen molar-refractivity contribution in [3.8, 4) is 0 Å². The van der Waals surface area contributed by atoms with E-state index in [-0.39, 0.29) is 31.4 Å². The van der Waals surface area contributed by atoms with E-state index in [9.17, 15) is 14.4 Å². The Balaban J connectivity index is 2.54. The number of hydrogen-bond acceptors (Lipinski definition) is 5. The van der Waals surface area contributed by atoms with E-state index in [0.717, 1.165) is 16.8 Å². The van der Waals surface area contributed by atoms with Crippen molar-refractivity contribution in [2.24, 2.45) is 0 Å². The zero-order chi connectivity index (χ0) is 22.2. The Hall–Kier alpha value is -2.57. The summed E-state index contributed by atoms with van der Waals surface area (Å²) in [6.45, 7) is 13.2. The number of rotatable bonds is 8. The van der Waals surface area contributed by atoms with Gasteiger partial charge >= 0.3 is 12.1 Å². The Kier molecular flexibility index (Phi) is 9.14. The van der Waals surface area contributed by atoms with E-state index in [1.807, 2.05) is 18.2 Å². The lowest BCUT2D eigenvalue weighted by Gasteiger charge is -2.20. The second kappa shape index (κ2) is 10.8. The molecule has 0 unspecified atom stereocenters. The lowest BCUT2D eigenvalue weighted by atomic mass is 9.92. The molecule has 0 fully saturated rings. The molecule has 162 valence electrons. The highest BCUT2D eigenvalue weighted by Crippen LogP contribution is 2.32. The summed E-state index contributed by atoms with van der Waals surface area (Å²) in [6, 6.07) is 5.96. The molecule has 0 saturated heterocycles. The van der Waals surface area contributed by atoms with Crippen LogP contribution in [0.3, 0.4) is 0 Å². The maximum Gasteiger partial charge on any atom is 0.407 e. The monoisotopic (exact) mass is 406 g/mol. The van der Waals surface area contributed by atoms with Gasteiger partial charge in [0.2, 0.25) is 0 Å². The van der Waals surface area contributed by atoms with Crippen molar-refractivity contribution >= 4 is 23.7 Å². The van der Waals surface area contributed by atoms with E-state index in [1.165, 1.54) is 0 Å². The van der Waals surface area contributed by atoms with Gasteiger partial charge in [-0.25, -0.2) is 4.79 Å². The van der Waals surface area contributed by atoms with E-state index in [0.29, 0.717) is 0 Å². The molecule has 0 radical (unpaired) electrons. The van der Waals surface area contributed by atoms with Gasteiger partial charge in [-0.3, -0.25) is 9.59 Å². The second-order valence-electron chi connectivity index (χ2n) is 8.51. The number of para-hydroxylation sites is 1. The van der Waals surface area contributed by atoms with E-state index >= 15 is 0 Å². The minimum atomic E-state index is -0.607. The minimum absolute atomic E-state index is 0.0493. The molecule has 0 saturated carbocycles. The first-order valence-electron chi connectivity index (χ1n) is 9.95. The van der Waals surface area contributed by atoms with Gasteiger partial charge in [-0.1, -0.05) is 45.9 Å². The van der Waals surface area contributed by atoms with Gasteiger partial charge in [0.05, 0.1) is 6.42 Å². The molecule has 0 aliphatic carbocycles. The van der Waals surface area contributed by atoms with Crippen molar-refractivity contribution in [1.29, 1.82) is 0 Å². The van der Waals surface area contributed by atoms with E-state index < -0.39 is 23.6 Å². The van der Waals surface area contributed by atoms with Crippen LogP contribution in [0.1, 0.15) is 77.8 Å². The maximum atomic E-state index is 12.3. The van der Waals surface area contributed by atoms with Crippen molar-refractivity contribution in [1.82, 2.24) is 5.32 Å². The molecule has 0 heterocycles. The molecule has 7 heteroatoms. The topological polar surface area (TPSA) is 93.7 Å². The lowest BCUT2D eigenvalue weighted by Crippen LogP contribution is -2.34. The molecule has 0 aliphatic rings. The average Bonchev–Trinajstić information content (AvgIpc) is 2.58. The number of esters is 1. The number of ether oxygens (including phenoxy) is 2. The largest absolute Gasteiger partial charge is 0.456 e. The number of carbonyl (C=O) groups is 3. The minimum Gasteiger partial charge on any atom is -0.456 e. The van der Waals surface area contributed by atoms with Crippen LogP contribution in [0.5, 0.6) is 0 Å². The fourth-order valence-corrected chi connectivity index (χ4v) is 2.67. The maximum absolute atomic E-state index is 12.3. The third kappa shape index (κ3) is 8.98. The first-order valence-corrected chi connectivity index (χ1v) is 9.95. The van der Waals surface area contributed by atoms with Crippen molar-refractivity contribution in [2.45, 2.75) is 72.3 Å². The molecule has 29 heavy (non-hydrogen) atoms. The number of nitrogens with one attached hydrogen (secondary N) is 2. The molecule has 0 aromatic heterocycles.